The van der Waals surface area contributed by atoms with Gasteiger partial charge in [0, 0.05) is 11.8 Å². The first-order chi connectivity index (χ1) is 9.55. The minimum atomic E-state index is -0.319. The van der Waals surface area contributed by atoms with Crippen LogP contribution in [0.1, 0.15) is 5.56 Å². The second kappa shape index (κ2) is 5.69. The molecule has 0 unspecified atom stereocenters. The van der Waals surface area contributed by atoms with E-state index in [2.05, 4.69) is 5.32 Å². The van der Waals surface area contributed by atoms with E-state index in [1.54, 1.807) is 39.3 Å². The molecule has 0 atom stereocenters. The highest BCUT2D eigenvalue weighted by Crippen LogP contribution is 2.32. The van der Waals surface area contributed by atoms with Crippen molar-refractivity contribution < 1.29 is 13.9 Å². The van der Waals surface area contributed by atoms with Crippen molar-refractivity contribution >= 4 is 17.1 Å². The van der Waals surface area contributed by atoms with E-state index in [-0.39, 0.29) is 5.82 Å². The summed E-state index contributed by atoms with van der Waals surface area (Å²) in [6, 6.07) is 8.38. The molecule has 0 fully saturated rings. The number of methoxy groups -OCH3 is 2. The van der Waals surface area contributed by atoms with Gasteiger partial charge in [-0.15, -0.1) is 0 Å². The van der Waals surface area contributed by atoms with E-state index in [0.29, 0.717) is 28.4 Å². The van der Waals surface area contributed by atoms with Crippen molar-refractivity contribution in [3.05, 3.63) is 41.7 Å². The van der Waals surface area contributed by atoms with Gasteiger partial charge in [0.05, 0.1) is 25.6 Å². The first-order valence-corrected chi connectivity index (χ1v) is 6.10. The van der Waals surface area contributed by atoms with E-state index in [9.17, 15) is 4.39 Å². The summed E-state index contributed by atoms with van der Waals surface area (Å²) in [7, 11) is 3.14. The van der Waals surface area contributed by atoms with Gasteiger partial charge in [0.2, 0.25) is 0 Å². The van der Waals surface area contributed by atoms with Crippen LogP contribution in [0.25, 0.3) is 0 Å². The van der Waals surface area contributed by atoms with E-state index < -0.39 is 0 Å². The molecule has 2 aromatic rings. The fraction of sp³-hybridized carbons (Fsp3) is 0.200. The minimum Gasteiger partial charge on any atom is -0.493 e. The smallest absolute Gasteiger partial charge is 0.162 e. The zero-order valence-corrected chi connectivity index (χ0v) is 11.7. The van der Waals surface area contributed by atoms with Gasteiger partial charge in [0.25, 0.3) is 0 Å². The fourth-order valence-electron chi connectivity index (χ4n) is 1.87. The third-order valence-electron chi connectivity index (χ3n) is 2.99. The van der Waals surface area contributed by atoms with Gasteiger partial charge in [-0.25, -0.2) is 4.39 Å². The van der Waals surface area contributed by atoms with Gasteiger partial charge in [-0.2, -0.15) is 0 Å². The minimum absolute atomic E-state index is 0.319. The fourth-order valence-corrected chi connectivity index (χ4v) is 1.87. The number of benzene rings is 2. The molecule has 106 valence electrons. The van der Waals surface area contributed by atoms with Crippen LogP contribution in [-0.4, -0.2) is 14.2 Å². The van der Waals surface area contributed by atoms with Crippen molar-refractivity contribution in [2.75, 3.05) is 25.3 Å². The Morgan fingerprint density at radius 1 is 1.05 bits per heavy atom. The number of hydrogen-bond donors (Lipinski definition) is 2. The molecule has 0 aliphatic carbocycles. The zero-order chi connectivity index (χ0) is 14.7. The quantitative estimate of drug-likeness (QED) is 0.839. The second-order valence-electron chi connectivity index (χ2n) is 4.38. The van der Waals surface area contributed by atoms with Crippen LogP contribution in [0.5, 0.6) is 11.5 Å². The summed E-state index contributed by atoms with van der Waals surface area (Å²) in [4.78, 5) is 0. The highest BCUT2D eigenvalue weighted by Gasteiger charge is 2.08. The molecule has 0 radical (unpaired) electrons. The van der Waals surface area contributed by atoms with Crippen molar-refractivity contribution in [3.8, 4) is 11.5 Å². The Morgan fingerprint density at radius 3 is 2.40 bits per heavy atom. The number of nitrogens with two attached hydrogens (primary N) is 1. The lowest BCUT2D eigenvalue weighted by atomic mass is 10.1. The molecule has 2 rings (SSSR count). The van der Waals surface area contributed by atoms with Gasteiger partial charge in [-0.05, 0) is 36.8 Å². The number of hydrogen-bond acceptors (Lipinski definition) is 4. The van der Waals surface area contributed by atoms with Crippen molar-refractivity contribution in [1.29, 1.82) is 0 Å². The maximum atomic E-state index is 13.4. The Labute approximate surface area is 117 Å². The molecule has 4 nitrogen and oxygen atoms in total. The Balaban J connectivity index is 2.33. The van der Waals surface area contributed by atoms with Gasteiger partial charge in [-0.1, -0.05) is 0 Å². The third-order valence-corrected chi connectivity index (χ3v) is 2.99. The Morgan fingerprint density at radius 2 is 1.75 bits per heavy atom. The number of nitrogen functional groups attached to an aromatic ring is 1. The number of rotatable bonds is 4. The van der Waals surface area contributed by atoms with E-state index >= 15 is 0 Å². The maximum Gasteiger partial charge on any atom is 0.162 e. The monoisotopic (exact) mass is 276 g/mol. The highest BCUT2D eigenvalue weighted by molar-refractivity contribution is 5.74. The number of halogens is 1. The van der Waals surface area contributed by atoms with Gasteiger partial charge < -0.3 is 20.5 Å². The normalized spacial score (nSPS) is 10.2. The standard InChI is InChI=1S/C15H17FN2O2/c1-9-6-13(12(17)8-11(9)16)18-10-4-5-14(19-2)15(7-10)20-3/h4-8,18H,17H2,1-3H3. The van der Waals surface area contributed by atoms with Gasteiger partial charge in [-0.3, -0.25) is 0 Å². The van der Waals surface area contributed by atoms with Crippen LogP contribution in [0.4, 0.5) is 21.5 Å². The molecule has 0 bridgehead atoms. The number of ether oxygens (including phenoxy) is 2. The summed E-state index contributed by atoms with van der Waals surface area (Å²) in [6.07, 6.45) is 0. The molecule has 0 aliphatic rings. The molecule has 0 spiro atoms. The molecule has 20 heavy (non-hydrogen) atoms. The molecule has 0 amide bonds. The van der Waals surface area contributed by atoms with Crippen LogP contribution in [0.3, 0.4) is 0 Å². The average Bonchev–Trinajstić information content (AvgIpc) is 2.44. The largest absolute Gasteiger partial charge is 0.493 e. The SMILES string of the molecule is COc1ccc(Nc2cc(C)c(F)cc2N)cc1OC. The number of nitrogens with one attached hydrogen (secondary N) is 1. The first-order valence-electron chi connectivity index (χ1n) is 6.10. The molecular weight excluding hydrogens is 259 g/mol. The Hall–Kier alpha value is -2.43. The predicted molar refractivity (Wildman–Crippen MR) is 78.4 cm³/mol. The summed E-state index contributed by atoms with van der Waals surface area (Å²) >= 11 is 0. The number of aryl methyl sites for hydroxylation is 1. The maximum absolute atomic E-state index is 13.4. The van der Waals surface area contributed by atoms with Crippen LogP contribution in [0.2, 0.25) is 0 Å². The van der Waals surface area contributed by atoms with Crippen molar-refractivity contribution in [2.24, 2.45) is 0 Å². The number of anilines is 3. The topological polar surface area (TPSA) is 56.5 Å². The van der Waals surface area contributed by atoms with Crippen molar-refractivity contribution in [2.45, 2.75) is 6.92 Å². The molecule has 0 aromatic heterocycles. The van der Waals surface area contributed by atoms with Crippen LogP contribution >= 0.6 is 0 Å². The molecule has 0 heterocycles. The van der Waals surface area contributed by atoms with Crippen molar-refractivity contribution in [1.82, 2.24) is 0 Å². The Kier molecular flexibility index (Phi) is 3.98. The van der Waals surface area contributed by atoms with E-state index in [4.69, 9.17) is 15.2 Å². The van der Waals surface area contributed by atoms with Crippen LogP contribution in [-0.2, 0) is 0 Å². The summed E-state index contributed by atoms with van der Waals surface area (Å²) in [5.74, 6) is 0.927. The molecule has 3 N–H and O–H groups in total. The zero-order valence-electron chi connectivity index (χ0n) is 11.7. The van der Waals surface area contributed by atoms with E-state index in [1.807, 2.05) is 6.07 Å². The molecule has 2 aromatic carbocycles. The summed E-state index contributed by atoms with van der Waals surface area (Å²) in [5, 5.41) is 3.14. The second-order valence-corrected chi connectivity index (χ2v) is 4.38. The lowest BCUT2D eigenvalue weighted by molar-refractivity contribution is 0.355. The lowest BCUT2D eigenvalue weighted by Crippen LogP contribution is -1.99. The Bertz CT molecular complexity index is 630. The van der Waals surface area contributed by atoms with Crippen LogP contribution in [0.15, 0.2) is 30.3 Å². The van der Waals surface area contributed by atoms with E-state index in [1.165, 1.54) is 6.07 Å². The molecule has 0 aliphatic heterocycles. The van der Waals surface area contributed by atoms with Crippen LogP contribution < -0.4 is 20.5 Å². The van der Waals surface area contributed by atoms with Gasteiger partial charge >= 0.3 is 0 Å². The van der Waals surface area contributed by atoms with Crippen molar-refractivity contribution in [3.63, 3.8) is 0 Å². The molecule has 5 heteroatoms. The van der Waals surface area contributed by atoms with Crippen LogP contribution in [0, 0.1) is 12.7 Å². The summed E-state index contributed by atoms with van der Waals surface area (Å²) in [6.45, 7) is 1.69. The van der Waals surface area contributed by atoms with Gasteiger partial charge in [0.1, 0.15) is 5.82 Å². The molecular formula is C15H17FN2O2. The first kappa shape index (κ1) is 14.0. The lowest BCUT2D eigenvalue weighted by Gasteiger charge is -2.13. The van der Waals surface area contributed by atoms with E-state index in [0.717, 1.165) is 5.69 Å². The molecule has 0 saturated carbocycles. The summed E-state index contributed by atoms with van der Waals surface area (Å²) < 4.78 is 23.8. The predicted octanol–water partition coefficient (Wildman–Crippen LogP) is 3.48. The third kappa shape index (κ3) is 2.77. The highest BCUT2D eigenvalue weighted by atomic mass is 19.1. The summed E-state index contributed by atoms with van der Waals surface area (Å²) in [5.41, 5.74) is 8.11. The molecule has 0 saturated heterocycles. The average molecular weight is 276 g/mol. The van der Waals surface area contributed by atoms with Gasteiger partial charge in [0.15, 0.2) is 11.5 Å².